The van der Waals surface area contributed by atoms with Crippen LogP contribution in [0.15, 0.2) is 42.5 Å². The van der Waals surface area contributed by atoms with Crippen molar-refractivity contribution in [2.75, 3.05) is 13.2 Å². The van der Waals surface area contributed by atoms with E-state index < -0.39 is 25.4 Å². The van der Waals surface area contributed by atoms with Gasteiger partial charge in [-0.3, -0.25) is 9.59 Å². The van der Waals surface area contributed by atoms with Gasteiger partial charge in [0.2, 0.25) is 0 Å². The Morgan fingerprint density at radius 1 is 0.903 bits per heavy atom. The normalized spacial score (nSPS) is 14.2. The van der Waals surface area contributed by atoms with E-state index in [0.717, 1.165) is 22.3 Å². The van der Waals surface area contributed by atoms with Crippen LogP contribution in [0.1, 0.15) is 36.1 Å². The van der Waals surface area contributed by atoms with Crippen LogP contribution >= 0.6 is 0 Å². The molecule has 0 radical (unpaired) electrons. The zero-order valence-corrected chi connectivity index (χ0v) is 20.0. The fourth-order valence-corrected chi connectivity index (χ4v) is 5.58. The van der Waals surface area contributed by atoms with Gasteiger partial charge in [0.25, 0.3) is 0 Å². The van der Waals surface area contributed by atoms with E-state index in [2.05, 4.69) is 43.6 Å². The predicted octanol–water partition coefficient (Wildman–Crippen LogP) is 3.84. The van der Waals surface area contributed by atoms with Crippen molar-refractivity contribution in [2.24, 2.45) is 5.41 Å². The smallest absolute Gasteiger partial charge is 0.324 e. The number of carbonyl (C=O) groups excluding carboxylic acids is 2. The lowest BCUT2D eigenvalue weighted by molar-refractivity contribution is -0.171. The van der Waals surface area contributed by atoms with Gasteiger partial charge in [-0.15, -0.1) is 0 Å². The van der Waals surface area contributed by atoms with Crippen molar-refractivity contribution < 1.29 is 19.1 Å². The van der Waals surface area contributed by atoms with E-state index >= 15 is 0 Å². The summed E-state index contributed by atoms with van der Waals surface area (Å²) in [4.78, 5) is 25.8. The van der Waals surface area contributed by atoms with Gasteiger partial charge in [0.1, 0.15) is 0 Å². The molecule has 162 valence electrons. The molecule has 0 amide bonds. The second-order valence-corrected chi connectivity index (χ2v) is 13.9. The molecule has 1 aliphatic rings. The number of hydrogen-bond donors (Lipinski definition) is 0. The van der Waals surface area contributed by atoms with Gasteiger partial charge in [0.05, 0.1) is 21.3 Å². The lowest BCUT2D eigenvalue weighted by Gasteiger charge is -2.24. The largest absolute Gasteiger partial charge is 0.465 e. The summed E-state index contributed by atoms with van der Waals surface area (Å²) in [5, 5.41) is 1.23. The molecule has 0 N–H and O–H groups in total. The van der Waals surface area contributed by atoms with Crippen molar-refractivity contribution in [3.05, 3.63) is 64.7 Å². The number of fused-ring (bicyclic) bond motifs is 1. The van der Waals surface area contributed by atoms with Gasteiger partial charge in [-0.05, 0) is 61.2 Å². The van der Waals surface area contributed by atoms with E-state index in [1.807, 2.05) is 30.3 Å². The quantitative estimate of drug-likeness (QED) is 0.311. The van der Waals surface area contributed by atoms with Gasteiger partial charge in [0.15, 0.2) is 5.41 Å². The molecule has 0 atom stereocenters. The zero-order valence-electron chi connectivity index (χ0n) is 19.0. The summed E-state index contributed by atoms with van der Waals surface area (Å²) in [7, 11) is -1.72. The molecule has 0 aromatic heterocycles. The van der Waals surface area contributed by atoms with Crippen LogP contribution in [0.2, 0.25) is 19.6 Å². The van der Waals surface area contributed by atoms with Gasteiger partial charge >= 0.3 is 11.9 Å². The third-order valence-corrected chi connectivity index (χ3v) is 7.61. The minimum absolute atomic E-state index is 0.226. The third-order valence-electron chi connectivity index (χ3n) is 5.58. The SMILES string of the molecule is CCOC(=O)C1(C(=O)OCC)Cc2cc(C#Cc3ccccc3)c([Si](C)(C)C)cc2C1. The topological polar surface area (TPSA) is 52.6 Å². The molecular weight excluding hydrogens is 404 g/mol. The lowest BCUT2D eigenvalue weighted by Crippen LogP contribution is -2.43. The number of ether oxygens (including phenoxy) is 2. The Morgan fingerprint density at radius 3 is 1.97 bits per heavy atom. The summed E-state index contributed by atoms with van der Waals surface area (Å²) in [6, 6.07) is 14.1. The number of esters is 2. The Labute approximate surface area is 186 Å². The molecule has 3 rings (SSSR count). The summed E-state index contributed by atoms with van der Waals surface area (Å²) in [6.45, 7) is 10.8. The minimum atomic E-state index is -1.72. The van der Waals surface area contributed by atoms with Crippen LogP contribution in [0.25, 0.3) is 0 Å². The molecule has 0 aliphatic heterocycles. The molecule has 2 aromatic rings. The Bertz CT molecular complexity index is 1020. The monoisotopic (exact) mass is 434 g/mol. The number of rotatable bonds is 5. The molecule has 0 spiro atoms. The molecule has 1 aliphatic carbocycles. The van der Waals surface area contributed by atoms with Crippen molar-refractivity contribution in [2.45, 2.75) is 46.3 Å². The minimum Gasteiger partial charge on any atom is -0.465 e. The number of hydrogen-bond acceptors (Lipinski definition) is 4. The first kappa shape index (κ1) is 22.8. The maximum Gasteiger partial charge on any atom is 0.324 e. The van der Waals surface area contributed by atoms with Crippen molar-refractivity contribution in [1.82, 2.24) is 0 Å². The number of carbonyl (C=O) groups is 2. The highest BCUT2D eigenvalue weighted by Crippen LogP contribution is 2.40. The predicted molar refractivity (Wildman–Crippen MR) is 125 cm³/mol. The van der Waals surface area contributed by atoms with Gasteiger partial charge in [-0.1, -0.05) is 55.7 Å². The average molecular weight is 435 g/mol. The average Bonchev–Trinajstić information content (AvgIpc) is 3.12. The maximum atomic E-state index is 12.9. The van der Waals surface area contributed by atoms with Gasteiger partial charge in [-0.2, -0.15) is 0 Å². The van der Waals surface area contributed by atoms with Crippen molar-refractivity contribution in [3.63, 3.8) is 0 Å². The summed E-state index contributed by atoms with van der Waals surface area (Å²) in [5.41, 5.74) is 2.61. The molecular formula is C26H30O4Si. The summed E-state index contributed by atoms with van der Waals surface area (Å²) >= 11 is 0. The van der Waals surface area contributed by atoms with Gasteiger partial charge in [-0.25, -0.2) is 0 Å². The summed E-state index contributed by atoms with van der Waals surface area (Å²) in [6.07, 6.45) is 0.593. The van der Waals surface area contributed by atoms with Crippen molar-refractivity contribution in [3.8, 4) is 11.8 Å². The van der Waals surface area contributed by atoms with E-state index in [4.69, 9.17) is 9.47 Å². The molecule has 2 aromatic carbocycles. The molecule has 0 saturated carbocycles. The Balaban J connectivity index is 2.08. The Hall–Kier alpha value is -2.84. The highest BCUT2D eigenvalue weighted by atomic mass is 28.3. The van der Waals surface area contributed by atoms with Crippen LogP contribution < -0.4 is 5.19 Å². The first-order chi connectivity index (χ1) is 14.7. The maximum absolute atomic E-state index is 12.9. The molecule has 0 heterocycles. The third kappa shape index (κ3) is 4.75. The van der Waals surface area contributed by atoms with E-state index in [1.54, 1.807) is 13.8 Å². The Kier molecular flexibility index (Phi) is 6.71. The van der Waals surface area contributed by atoms with Crippen LogP contribution in [0, 0.1) is 17.3 Å². The first-order valence-electron chi connectivity index (χ1n) is 10.8. The van der Waals surface area contributed by atoms with Crippen LogP contribution in [-0.4, -0.2) is 33.2 Å². The molecule has 0 unspecified atom stereocenters. The first-order valence-corrected chi connectivity index (χ1v) is 14.3. The van der Waals surface area contributed by atoms with Gasteiger partial charge in [0, 0.05) is 11.1 Å². The number of benzene rings is 2. The summed E-state index contributed by atoms with van der Waals surface area (Å²) < 4.78 is 10.6. The fourth-order valence-electron chi connectivity index (χ4n) is 4.03. The second kappa shape index (κ2) is 9.11. The van der Waals surface area contributed by atoms with Crippen molar-refractivity contribution >= 4 is 25.2 Å². The molecule has 5 heteroatoms. The van der Waals surface area contributed by atoms with E-state index in [-0.39, 0.29) is 19.6 Å². The van der Waals surface area contributed by atoms with E-state index in [1.165, 1.54) is 5.19 Å². The van der Waals surface area contributed by atoms with Crippen LogP contribution in [0.5, 0.6) is 0 Å². The van der Waals surface area contributed by atoms with E-state index in [9.17, 15) is 9.59 Å². The van der Waals surface area contributed by atoms with E-state index in [0.29, 0.717) is 6.42 Å². The van der Waals surface area contributed by atoms with Crippen LogP contribution in [0.4, 0.5) is 0 Å². The highest BCUT2D eigenvalue weighted by molar-refractivity contribution is 6.89. The molecule has 31 heavy (non-hydrogen) atoms. The highest BCUT2D eigenvalue weighted by Gasteiger charge is 2.53. The Morgan fingerprint density at radius 2 is 1.45 bits per heavy atom. The second-order valence-electron chi connectivity index (χ2n) is 8.91. The fraction of sp³-hybridized carbons (Fsp3) is 0.385. The van der Waals surface area contributed by atoms with Crippen LogP contribution in [-0.2, 0) is 31.9 Å². The lowest BCUT2D eigenvalue weighted by atomic mass is 9.84. The molecule has 0 bridgehead atoms. The summed E-state index contributed by atoms with van der Waals surface area (Å²) in [5.74, 6) is 5.61. The van der Waals surface area contributed by atoms with Crippen LogP contribution in [0.3, 0.4) is 0 Å². The van der Waals surface area contributed by atoms with Gasteiger partial charge < -0.3 is 9.47 Å². The van der Waals surface area contributed by atoms with Crippen molar-refractivity contribution in [1.29, 1.82) is 0 Å². The molecule has 4 nitrogen and oxygen atoms in total. The molecule has 0 saturated heterocycles. The zero-order chi connectivity index (χ0) is 22.6. The standard InChI is InChI=1S/C26H30O4Si/c1-6-29-24(27)26(25(28)30-7-2)17-21-15-20(14-13-19-11-9-8-10-12-19)23(31(3,4)5)16-22(21)18-26/h8-12,15-16H,6-7,17-18H2,1-5H3. The molecule has 0 fully saturated rings.